The van der Waals surface area contributed by atoms with Gasteiger partial charge in [0.05, 0.1) is 12.1 Å². The van der Waals surface area contributed by atoms with E-state index in [1.165, 1.54) is 18.2 Å². The standard InChI is InChI=1S/C14H15BrFNO2/c15-11-3-4-12(16)10(8-11)2-5-13(19)17-14(9-18)6-1-7-14/h2-5,8,18H,1,6-7,9H2,(H,17,19)/b5-2+. The number of nitrogens with one attached hydrogen (secondary N) is 1. The summed E-state index contributed by atoms with van der Waals surface area (Å²) in [6, 6.07) is 4.54. The molecular weight excluding hydrogens is 313 g/mol. The molecule has 1 aromatic carbocycles. The molecule has 0 heterocycles. The van der Waals surface area contributed by atoms with Crippen LogP contribution in [-0.4, -0.2) is 23.2 Å². The van der Waals surface area contributed by atoms with E-state index in [1.54, 1.807) is 12.1 Å². The molecule has 1 aliphatic carbocycles. The predicted octanol–water partition coefficient (Wildman–Crippen LogP) is 2.63. The second-order valence-electron chi connectivity index (χ2n) is 4.78. The average Bonchev–Trinajstić information content (AvgIpc) is 2.35. The molecule has 0 atom stereocenters. The first kappa shape index (κ1) is 14.2. The molecule has 0 unspecified atom stereocenters. The van der Waals surface area contributed by atoms with Crippen LogP contribution in [0.4, 0.5) is 4.39 Å². The second-order valence-corrected chi connectivity index (χ2v) is 5.70. The first-order valence-corrected chi connectivity index (χ1v) is 6.90. The van der Waals surface area contributed by atoms with Gasteiger partial charge in [0.25, 0.3) is 0 Å². The Kier molecular flexibility index (Phi) is 4.37. The molecular formula is C14H15BrFNO2. The number of aliphatic hydroxyl groups excluding tert-OH is 1. The van der Waals surface area contributed by atoms with Gasteiger partial charge >= 0.3 is 0 Å². The van der Waals surface area contributed by atoms with E-state index in [0.29, 0.717) is 5.56 Å². The van der Waals surface area contributed by atoms with E-state index in [1.807, 2.05) is 0 Å². The van der Waals surface area contributed by atoms with Crippen LogP contribution in [0.5, 0.6) is 0 Å². The predicted molar refractivity (Wildman–Crippen MR) is 74.9 cm³/mol. The normalized spacial score (nSPS) is 17.2. The smallest absolute Gasteiger partial charge is 0.244 e. The molecule has 2 rings (SSSR count). The van der Waals surface area contributed by atoms with Crippen LogP contribution in [0.15, 0.2) is 28.7 Å². The van der Waals surface area contributed by atoms with Gasteiger partial charge < -0.3 is 10.4 Å². The van der Waals surface area contributed by atoms with Gasteiger partial charge in [-0.1, -0.05) is 15.9 Å². The monoisotopic (exact) mass is 327 g/mol. The fourth-order valence-corrected chi connectivity index (χ4v) is 2.42. The number of halogens is 2. The molecule has 0 spiro atoms. The largest absolute Gasteiger partial charge is 0.394 e. The number of carbonyl (C=O) groups excluding carboxylic acids is 1. The summed E-state index contributed by atoms with van der Waals surface area (Å²) in [7, 11) is 0. The molecule has 1 saturated carbocycles. The van der Waals surface area contributed by atoms with Crippen molar-refractivity contribution >= 4 is 27.9 Å². The maximum atomic E-state index is 13.5. The molecule has 1 amide bonds. The number of rotatable bonds is 4. The number of carbonyl (C=O) groups is 1. The first-order valence-electron chi connectivity index (χ1n) is 6.11. The van der Waals surface area contributed by atoms with Gasteiger partial charge in [0.1, 0.15) is 5.82 Å². The zero-order valence-electron chi connectivity index (χ0n) is 10.3. The molecule has 2 N–H and O–H groups in total. The lowest BCUT2D eigenvalue weighted by molar-refractivity contribution is -0.120. The molecule has 0 aliphatic heterocycles. The highest BCUT2D eigenvalue weighted by atomic mass is 79.9. The number of amides is 1. The van der Waals surface area contributed by atoms with Crippen LogP contribution >= 0.6 is 15.9 Å². The lowest BCUT2D eigenvalue weighted by atomic mass is 9.77. The van der Waals surface area contributed by atoms with Crippen LogP contribution in [-0.2, 0) is 4.79 Å². The van der Waals surface area contributed by atoms with Gasteiger partial charge in [-0.05, 0) is 43.5 Å². The number of benzene rings is 1. The minimum atomic E-state index is -0.475. The molecule has 5 heteroatoms. The Hall–Kier alpha value is -1.20. The first-order chi connectivity index (χ1) is 9.04. The lowest BCUT2D eigenvalue weighted by Crippen LogP contribution is -2.55. The average molecular weight is 328 g/mol. The summed E-state index contributed by atoms with van der Waals surface area (Å²) in [5.74, 6) is -0.694. The van der Waals surface area contributed by atoms with Crippen molar-refractivity contribution in [1.29, 1.82) is 0 Å². The highest BCUT2D eigenvalue weighted by Gasteiger charge is 2.37. The summed E-state index contributed by atoms with van der Waals surface area (Å²) >= 11 is 3.25. The van der Waals surface area contributed by atoms with Gasteiger partial charge in [-0.3, -0.25) is 4.79 Å². The zero-order chi connectivity index (χ0) is 13.9. The van der Waals surface area contributed by atoms with Crippen molar-refractivity contribution in [3.63, 3.8) is 0 Å². The Balaban J connectivity index is 2.02. The van der Waals surface area contributed by atoms with Crippen molar-refractivity contribution in [3.8, 4) is 0 Å². The molecule has 0 saturated heterocycles. The quantitative estimate of drug-likeness (QED) is 0.835. The van der Waals surface area contributed by atoms with E-state index in [0.717, 1.165) is 23.7 Å². The minimum Gasteiger partial charge on any atom is -0.394 e. The SMILES string of the molecule is O=C(/C=C/c1cc(Br)ccc1F)NC1(CO)CCC1. The van der Waals surface area contributed by atoms with Gasteiger partial charge in [-0.15, -0.1) is 0 Å². The summed E-state index contributed by atoms with van der Waals surface area (Å²) in [4.78, 5) is 11.7. The summed E-state index contributed by atoms with van der Waals surface area (Å²) < 4.78 is 14.2. The molecule has 102 valence electrons. The molecule has 1 fully saturated rings. The third kappa shape index (κ3) is 3.42. The van der Waals surface area contributed by atoms with Crippen molar-refractivity contribution in [1.82, 2.24) is 5.32 Å². The highest BCUT2D eigenvalue weighted by Crippen LogP contribution is 2.31. The fraction of sp³-hybridized carbons (Fsp3) is 0.357. The van der Waals surface area contributed by atoms with Gasteiger partial charge in [-0.2, -0.15) is 0 Å². The maximum Gasteiger partial charge on any atom is 0.244 e. The van der Waals surface area contributed by atoms with Gasteiger partial charge in [-0.25, -0.2) is 4.39 Å². The molecule has 3 nitrogen and oxygen atoms in total. The molecule has 19 heavy (non-hydrogen) atoms. The lowest BCUT2D eigenvalue weighted by Gasteiger charge is -2.40. The fourth-order valence-electron chi connectivity index (χ4n) is 2.04. The Bertz CT molecular complexity index is 507. The number of aliphatic hydroxyl groups is 1. The molecule has 0 radical (unpaired) electrons. The third-order valence-corrected chi connectivity index (χ3v) is 3.87. The second kappa shape index (κ2) is 5.84. The maximum absolute atomic E-state index is 13.5. The van der Waals surface area contributed by atoms with Crippen LogP contribution in [0.3, 0.4) is 0 Å². The Morgan fingerprint density at radius 2 is 2.26 bits per heavy atom. The van der Waals surface area contributed by atoms with Crippen molar-refractivity contribution in [2.24, 2.45) is 0 Å². The Labute approximate surface area is 119 Å². The van der Waals surface area contributed by atoms with Crippen molar-refractivity contribution in [3.05, 3.63) is 40.1 Å². The minimum absolute atomic E-state index is 0.0577. The number of hydrogen-bond donors (Lipinski definition) is 2. The van der Waals surface area contributed by atoms with E-state index in [9.17, 15) is 14.3 Å². The topological polar surface area (TPSA) is 49.3 Å². The summed E-state index contributed by atoms with van der Waals surface area (Å²) in [5.41, 5.74) is -0.131. The number of hydrogen-bond acceptors (Lipinski definition) is 2. The van der Waals surface area contributed by atoms with E-state index in [-0.39, 0.29) is 18.3 Å². The highest BCUT2D eigenvalue weighted by molar-refractivity contribution is 9.10. The van der Waals surface area contributed by atoms with Crippen LogP contribution in [0.2, 0.25) is 0 Å². The van der Waals surface area contributed by atoms with Gasteiger partial charge in [0.2, 0.25) is 5.91 Å². The van der Waals surface area contributed by atoms with Crippen LogP contribution in [0, 0.1) is 5.82 Å². The summed E-state index contributed by atoms with van der Waals surface area (Å²) in [6.45, 7) is -0.0577. The zero-order valence-corrected chi connectivity index (χ0v) is 11.9. The van der Waals surface area contributed by atoms with Crippen molar-refractivity contribution in [2.45, 2.75) is 24.8 Å². The van der Waals surface area contributed by atoms with Crippen LogP contribution < -0.4 is 5.32 Å². The summed E-state index contributed by atoms with van der Waals surface area (Å²) in [5, 5.41) is 12.0. The van der Waals surface area contributed by atoms with Crippen LogP contribution in [0.25, 0.3) is 6.08 Å². The van der Waals surface area contributed by atoms with E-state index in [2.05, 4.69) is 21.2 Å². The third-order valence-electron chi connectivity index (χ3n) is 3.37. The Morgan fingerprint density at radius 3 is 2.84 bits per heavy atom. The molecule has 0 aromatic heterocycles. The van der Waals surface area contributed by atoms with Gasteiger partial charge in [0, 0.05) is 16.1 Å². The molecule has 1 aliphatic rings. The van der Waals surface area contributed by atoms with Gasteiger partial charge in [0.15, 0.2) is 0 Å². The Morgan fingerprint density at radius 1 is 1.53 bits per heavy atom. The van der Waals surface area contributed by atoms with Crippen molar-refractivity contribution in [2.75, 3.05) is 6.61 Å². The van der Waals surface area contributed by atoms with Crippen LogP contribution in [0.1, 0.15) is 24.8 Å². The molecule has 0 bridgehead atoms. The molecule has 1 aromatic rings. The van der Waals surface area contributed by atoms with E-state index >= 15 is 0 Å². The van der Waals surface area contributed by atoms with E-state index in [4.69, 9.17) is 0 Å². The van der Waals surface area contributed by atoms with E-state index < -0.39 is 5.54 Å². The summed E-state index contributed by atoms with van der Waals surface area (Å²) in [6.07, 6.45) is 5.30. The van der Waals surface area contributed by atoms with Crippen molar-refractivity contribution < 1.29 is 14.3 Å².